The van der Waals surface area contributed by atoms with E-state index in [4.69, 9.17) is 9.47 Å². The van der Waals surface area contributed by atoms with Crippen LogP contribution in [0.2, 0.25) is 0 Å². The van der Waals surface area contributed by atoms with Gasteiger partial charge in [-0.25, -0.2) is 0 Å². The Morgan fingerprint density at radius 1 is 0.886 bits per heavy atom. The predicted octanol–water partition coefficient (Wildman–Crippen LogP) is 5.59. The van der Waals surface area contributed by atoms with E-state index >= 15 is 0 Å². The van der Waals surface area contributed by atoms with Crippen molar-refractivity contribution in [3.63, 3.8) is 0 Å². The summed E-state index contributed by atoms with van der Waals surface area (Å²) in [6.07, 6.45) is 1.60. The van der Waals surface area contributed by atoms with Crippen molar-refractivity contribution in [2.75, 3.05) is 12.1 Å². The summed E-state index contributed by atoms with van der Waals surface area (Å²) in [5.41, 5.74) is 4.58. The molecule has 0 aromatic heterocycles. The summed E-state index contributed by atoms with van der Waals surface area (Å²) < 4.78 is 10.9. The Bertz CT molecular complexity index is 1300. The number of carbonyl (C=O) groups is 2. The topological polar surface area (TPSA) is 76.7 Å². The highest BCUT2D eigenvalue weighted by atomic mass is 16.7. The van der Waals surface area contributed by atoms with E-state index in [1.807, 2.05) is 88.4 Å². The summed E-state index contributed by atoms with van der Waals surface area (Å²) in [6.45, 7) is 8.13. The summed E-state index contributed by atoms with van der Waals surface area (Å²) in [4.78, 5) is 25.8. The third kappa shape index (κ3) is 4.61. The molecular weight excluding hydrogens is 440 g/mol. The first kappa shape index (κ1) is 23.0. The Labute approximate surface area is 205 Å². The van der Waals surface area contributed by atoms with Gasteiger partial charge in [0, 0.05) is 16.8 Å². The SMILES string of the molecule is Cc1ccc(NC(=O)C2(c3ccc4c(c3)OCO4)CC2)cc1-c1ccc(C(=O)NC(C)(C)C)cc1. The first-order valence-electron chi connectivity index (χ1n) is 11.9. The van der Waals surface area contributed by atoms with Crippen molar-refractivity contribution in [1.29, 1.82) is 0 Å². The minimum absolute atomic E-state index is 0.0135. The highest BCUT2D eigenvalue weighted by molar-refractivity contribution is 6.02. The lowest BCUT2D eigenvalue weighted by Gasteiger charge is -2.20. The van der Waals surface area contributed by atoms with E-state index in [9.17, 15) is 9.59 Å². The van der Waals surface area contributed by atoms with Crippen molar-refractivity contribution in [3.05, 3.63) is 77.4 Å². The van der Waals surface area contributed by atoms with E-state index in [1.54, 1.807) is 0 Å². The first-order valence-corrected chi connectivity index (χ1v) is 11.9. The second kappa shape index (κ2) is 8.45. The Morgan fingerprint density at radius 2 is 1.60 bits per heavy atom. The Kier molecular flexibility index (Phi) is 5.55. The van der Waals surface area contributed by atoms with Crippen molar-refractivity contribution >= 4 is 17.5 Å². The van der Waals surface area contributed by atoms with Crippen molar-refractivity contribution in [2.45, 2.75) is 51.5 Å². The number of amides is 2. The van der Waals surface area contributed by atoms with Crippen LogP contribution in [0.25, 0.3) is 11.1 Å². The van der Waals surface area contributed by atoms with Crippen LogP contribution in [0.4, 0.5) is 5.69 Å². The molecule has 2 amide bonds. The van der Waals surface area contributed by atoms with Crippen molar-refractivity contribution < 1.29 is 19.1 Å². The fourth-order valence-corrected chi connectivity index (χ4v) is 4.44. The van der Waals surface area contributed by atoms with E-state index in [-0.39, 0.29) is 24.1 Å². The third-order valence-corrected chi connectivity index (χ3v) is 6.55. The average Bonchev–Trinajstić information content (AvgIpc) is 3.50. The molecule has 3 aromatic carbocycles. The van der Waals surface area contributed by atoms with Crippen LogP contribution in [0.5, 0.6) is 11.5 Å². The molecule has 6 heteroatoms. The van der Waals surface area contributed by atoms with Crippen molar-refractivity contribution in [2.24, 2.45) is 0 Å². The molecule has 35 heavy (non-hydrogen) atoms. The number of ether oxygens (including phenoxy) is 2. The average molecular weight is 471 g/mol. The molecule has 0 atom stereocenters. The van der Waals surface area contributed by atoms with Gasteiger partial charge in [-0.05, 0) is 99.2 Å². The van der Waals surface area contributed by atoms with Crippen LogP contribution < -0.4 is 20.1 Å². The Morgan fingerprint density at radius 3 is 2.29 bits per heavy atom. The van der Waals surface area contributed by atoms with Gasteiger partial charge in [-0.3, -0.25) is 9.59 Å². The van der Waals surface area contributed by atoms with Crippen LogP contribution in [-0.2, 0) is 10.2 Å². The number of carbonyl (C=O) groups excluding carboxylic acids is 2. The lowest BCUT2D eigenvalue weighted by atomic mass is 9.94. The Hall–Kier alpha value is -3.80. The van der Waals surface area contributed by atoms with E-state index in [1.165, 1.54) is 0 Å². The first-order chi connectivity index (χ1) is 16.6. The number of nitrogens with one attached hydrogen (secondary N) is 2. The molecule has 3 aromatic rings. The zero-order valence-corrected chi connectivity index (χ0v) is 20.5. The largest absolute Gasteiger partial charge is 0.454 e. The quantitative estimate of drug-likeness (QED) is 0.510. The molecular formula is C29H30N2O4. The molecule has 0 bridgehead atoms. The van der Waals surface area contributed by atoms with Crippen LogP contribution in [0.1, 0.15) is 55.1 Å². The van der Waals surface area contributed by atoms with Crippen LogP contribution >= 0.6 is 0 Å². The number of hydrogen-bond donors (Lipinski definition) is 2. The molecule has 0 spiro atoms. The van der Waals surface area contributed by atoms with Gasteiger partial charge in [0.2, 0.25) is 12.7 Å². The van der Waals surface area contributed by atoms with Gasteiger partial charge in [0.25, 0.3) is 5.91 Å². The Balaban J connectivity index is 1.34. The minimum atomic E-state index is -0.534. The van der Waals surface area contributed by atoms with E-state index in [2.05, 4.69) is 10.6 Å². The summed E-state index contributed by atoms with van der Waals surface area (Å²) in [5.74, 6) is 1.30. The third-order valence-electron chi connectivity index (χ3n) is 6.55. The van der Waals surface area contributed by atoms with Crippen molar-refractivity contribution in [3.8, 4) is 22.6 Å². The summed E-state index contributed by atoms with van der Waals surface area (Å²) in [6, 6.07) is 19.2. The standard InChI is InChI=1S/C29H30N2O4/c1-18-5-11-22(16-23(18)19-6-8-20(9-7-19)26(32)31-28(2,3)4)30-27(33)29(13-14-29)21-10-12-24-25(15-21)35-17-34-24/h5-12,15-16H,13-14,17H2,1-4H3,(H,30,33)(H,31,32). The summed E-state index contributed by atoms with van der Waals surface area (Å²) >= 11 is 0. The van der Waals surface area contributed by atoms with Gasteiger partial charge in [0.15, 0.2) is 11.5 Å². The van der Waals surface area contributed by atoms with Crippen LogP contribution in [0, 0.1) is 6.92 Å². The highest BCUT2D eigenvalue weighted by Crippen LogP contribution is 2.51. The minimum Gasteiger partial charge on any atom is -0.454 e. The monoisotopic (exact) mass is 470 g/mol. The molecule has 0 saturated heterocycles. The molecule has 0 unspecified atom stereocenters. The van der Waals surface area contributed by atoms with Gasteiger partial charge in [-0.2, -0.15) is 0 Å². The predicted molar refractivity (Wildman–Crippen MR) is 136 cm³/mol. The number of benzene rings is 3. The lowest BCUT2D eigenvalue weighted by molar-refractivity contribution is -0.118. The van der Waals surface area contributed by atoms with Gasteiger partial charge in [0.1, 0.15) is 0 Å². The maximum absolute atomic E-state index is 13.3. The smallest absolute Gasteiger partial charge is 0.251 e. The van der Waals surface area contributed by atoms with E-state index < -0.39 is 5.41 Å². The van der Waals surface area contributed by atoms with Gasteiger partial charge in [0.05, 0.1) is 5.41 Å². The number of hydrogen-bond acceptors (Lipinski definition) is 4. The molecule has 1 saturated carbocycles. The molecule has 1 aliphatic carbocycles. The number of aryl methyl sites for hydroxylation is 1. The van der Waals surface area contributed by atoms with Crippen molar-refractivity contribution in [1.82, 2.24) is 5.32 Å². The molecule has 180 valence electrons. The lowest BCUT2D eigenvalue weighted by Crippen LogP contribution is -2.40. The molecule has 1 fully saturated rings. The van der Waals surface area contributed by atoms with Gasteiger partial charge in [-0.15, -0.1) is 0 Å². The number of anilines is 1. The van der Waals surface area contributed by atoms with E-state index in [0.717, 1.165) is 46.5 Å². The molecule has 2 aliphatic rings. The fraction of sp³-hybridized carbons (Fsp3) is 0.310. The highest BCUT2D eigenvalue weighted by Gasteiger charge is 2.51. The molecule has 0 radical (unpaired) electrons. The summed E-state index contributed by atoms with van der Waals surface area (Å²) in [5, 5.41) is 6.11. The van der Waals surface area contributed by atoms with Crippen LogP contribution in [0.3, 0.4) is 0 Å². The summed E-state index contributed by atoms with van der Waals surface area (Å²) in [7, 11) is 0. The second-order valence-corrected chi connectivity index (χ2v) is 10.4. The van der Waals surface area contributed by atoms with Crippen LogP contribution in [-0.4, -0.2) is 24.1 Å². The normalized spacial score (nSPS) is 15.4. The van der Waals surface area contributed by atoms with E-state index in [0.29, 0.717) is 11.3 Å². The zero-order chi connectivity index (χ0) is 24.8. The number of fused-ring (bicyclic) bond motifs is 1. The second-order valence-electron chi connectivity index (χ2n) is 10.4. The molecule has 1 heterocycles. The number of rotatable bonds is 5. The van der Waals surface area contributed by atoms with Crippen LogP contribution in [0.15, 0.2) is 60.7 Å². The molecule has 2 N–H and O–H groups in total. The van der Waals surface area contributed by atoms with Gasteiger partial charge >= 0.3 is 0 Å². The maximum Gasteiger partial charge on any atom is 0.251 e. The fourth-order valence-electron chi connectivity index (χ4n) is 4.44. The zero-order valence-electron chi connectivity index (χ0n) is 20.5. The van der Waals surface area contributed by atoms with Gasteiger partial charge in [-0.1, -0.05) is 24.3 Å². The van der Waals surface area contributed by atoms with Gasteiger partial charge < -0.3 is 20.1 Å². The molecule has 1 aliphatic heterocycles. The maximum atomic E-state index is 13.3. The molecule has 6 nitrogen and oxygen atoms in total. The molecule has 5 rings (SSSR count).